The topological polar surface area (TPSA) is 41.5 Å². The molecule has 0 spiro atoms. The second-order valence-electron chi connectivity index (χ2n) is 4.68. The molecule has 3 rings (SSSR count). The number of aliphatic hydroxyl groups is 1. The number of rotatable bonds is 2. The molecule has 86 valence electrons. The Morgan fingerprint density at radius 1 is 1.31 bits per heavy atom. The van der Waals surface area contributed by atoms with Crippen molar-refractivity contribution in [1.29, 1.82) is 0 Å². The third-order valence-electron chi connectivity index (χ3n) is 3.55. The first-order chi connectivity index (χ1) is 7.84. The Hall–Kier alpha value is -0.900. The molecule has 16 heavy (non-hydrogen) atoms. The summed E-state index contributed by atoms with van der Waals surface area (Å²) in [6.07, 6.45) is 1.52. The van der Waals surface area contributed by atoms with Gasteiger partial charge in [0.1, 0.15) is 0 Å². The monoisotopic (exact) mass is 219 g/mol. The Morgan fingerprint density at radius 3 is 3.00 bits per heavy atom. The van der Waals surface area contributed by atoms with Crippen molar-refractivity contribution >= 4 is 0 Å². The molecule has 1 aliphatic heterocycles. The SMILES string of the molecule is O[C@H]1Cc2ccccc2[C@H]1NC1CCOC1. The van der Waals surface area contributed by atoms with Gasteiger partial charge < -0.3 is 15.2 Å². The number of benzene rings is 1. The van der Waals surface area contributed by atoms with Crippen LogP contribution in [0.15, 0.2) is 24.3 Å². The van der Waals surface area contributed by atoms with Gasteiger partial charge in [0.2, 0.25) is 0 Å². The Kier molecular flexibility index (Phi) is 2.67. The van der Waals surface area contributed by atoms with E-state index in [1.165, 1.54) is 11.1 Å². The standard InChI is InChI=1S/C13H17NO2/c15-12-7-9-3-1-2-4-11(9)13(12)14-10-5-6-16-8-10/h1-4,10,12-15H,5-8H2/t10?,12-,13+/m0/s1. The van der Waals surface area contributed by atoms with Crippen LogP contribution in [0.3, 0.4) is 0 Å². The van der Waals surface area contributed by atoms with Gasteiger partial charge in [-0.3, -0.25) is 0 Å². The molecule has 0 bridgehead atoms. The predicted molar refractivity (Wildman–Crippen MR) is 61.3 cm³/mol. The number of ether oxygens (including phenoxy) is 1. The molecular weight excluding hydrogens is 202 g/mol. The molecule has 2 N–H and O–H groups in total. The summed E-state index contributed by atoms with van der Waals surface area (Å²) in [7, 11) is 0. The van der Waals surface area contributed by atoms with Crippen LogP contribution in [0.1, 0.15) is 23.6 Å². The Bertz CT molecular complexity index is 374. The summed E-state index contributed by atoms with van der Waals surface area (Å²) in [6.45, 7) is 1.60. The maximum absolute atomic E-state index is 10.1. The average molecular weight is 219 g/mol. The molecule has 3 heteroatoms. The zero-order chi connectivity index (χ0) is 11.0. The molecule has 0 amide bonds. The molecule has 2 aliphatic rings. The molecule has 0 saturated carbocycles. The summed E-state index contributed by atoms with van der Waals surface area (Å²) in [4.78, 5) is 0. The molecule has 3 nitrogen and oxygen atoms in total. The highest BCUT2D eigenvalue weighted by atomic mass is 16.5. The Labute approximate surface area is 95.4 Å². The van der Waals surface area contributed by atoms with Gasteiger partial charge in [-0.05, 0) is 17.5 Å². The lowest BCUT2D eigenvalue weighted by Gasteiger charge is -2.21. The largest absolute Gasteiger partial charge is 0.391 e. The zero-order valence-electron chi connectivity index (χ0n) is 9.23. The predicted octanol–water partition coefficient (Wildman–Crippen LogP) is 1.02. The first kappa shape index (κ1) is 10.3. The fourth-order valence-electron chi connectivity index (χ4n) is 2.69. The normalized spacial score (nSPS) is 32.9. The molecule has 1 aliphatic carbocycles. The van der Waals surface area contributed by atoms with Crippen LogP contribution in [-0.2, 0) is 11.2 Å². The summed E-state index contributed by atoms with van der Waals surface area (Å²) in [5.41, 5.74) is 2.52. The fraction of sp³-hybridized carbons (Fsp3) is 0.538. The fourth-order valence-corrected chi connectivity index (χ4v) is 2.69. The van der Waals surface area contributed by atoms with E-state index in [2.05, 4.69) is 17.4 Å². The lowest BCUT2D eigenvalue weighted by Crippen LogP contribution is -2.37. The van der Waals surface area contributed by atoms with E-state index < -0.39 is 0 Å². The summed E-state index contributed by atoms with van der Waals surface area (Å²) >= 11 is 0. The summed E-state index contributed by atoms with van der Waals surface area (Å²) in [6, 6.07) is 8.77. The van der Waals surface area contributed by atoms with Crippen molar-refractivity contribution in [3.63, 3.8) is 0 Å². The van der Waals surface area contributed by atoms with E-state index in [0.717, 1.165) is 26.1 Å². The third-order valence-corrected chi connectivity index (χ3v) is 3.55. The van der Waals surface area contributed by atoms with Crippen molar-refractivity contribution in [3.8, 4) is 0 Å². The molecule has 1 saturated heterocycles. The molecule has 0 aromatic heterocycles. The van der Waals surface area contributed by atoms with Gasteiger partial charge in [-0.15, -0.1) is 0 Å². The maximum Gasteiger partial charge on any atom is 0.0775 e. The highest BCUT2D eigenvalue weighted by Gasteiger charge is 2.32. The molecule has 1 unspecified atom stereocenters. The summed E-state index contributed by atoms with van der Waals surface area (Å²) in [5, 5.41) is 13.6. The Balaban J connectivity index is 1.79. The van der Waals surface area contributed by atoms with Gasteiger partial charge in [0.05, 0.1) is 18.8 Å². The maximum atomic E-state index is 10.1. The smallest absolute Gasteiger partial charge is 0.0775 e. The second-order valence-corrected chi connectivity index (χ2v) is 4.68. The minimum atomic E-state index is -0.294. The van der Waals surface area contributed by atoms with Crippen LogP contribution in [0.4, 0.5) is 0 Å². The number of hydrogen-bond acceptors (Lipinski definition) is 3. The Morgan fingerprint density at radius 2 is 2.19 bits per heavy atom. The van der Waals surface area contributed by atoms with Crippen molar-refractivity contribution in [3.05, 3.63) is 35.4 Å². The quantitative estimate of drug-likeness (QED) is 0.780. The molecule has 1 heterocycles. The lowest BCUT2D eigenvalue weighted by atomic mass is 10.1. The van der Waals surface area contributed by atoms with E-state index in [1.54, 1.807) is 0 Å². The summed E-state index contributed by atoms with van der Waals surface area (Å²) < 4.78 is 5.35. The first-order valence-electron chi connectivity index (χ1n) is 5.94. The minimum Gasteiger partial charge on any atom is -0.391 e. The van der Waals surface area contributed by atoms with E-state index in [0.29, 0.717) is 6.04 Å². The van der Waals surface area contributed by atoms with E-state index >= 15 is 0 Å². The van der Waals surface area contributed by atoms with E-state index in [1.807, 2.05) is 12.1 Å². The molecule has 0 radical (unpaired) electrons. The van der Waals surface area contributed by atoms with Gasteiger partial charge in [-0.1, -0.05) is 24.3 Å². The van der Waals surface area contributed by atoms with Crippen LogP contribution in [0.2, 0.25) is 0 Å². The van der Waals surface area contributed by atoms with E-state index in [9.17, 15) is 5.11 Å². The van der Waals surface area contributed by atoms with Gasteiger partial charge in [0, 0.05) is 19.1 Å². The minimum absolute atomic E-state index is 0.0860. The molecule has 1 fully saturated rings. The molecule has 3 atom stereocenters. The second kappa shape index (κ2) is 4.17. The van der Waals surface area contributed by atoms with Crippen LogP contribution in [-0.4, -0.2) is 30.5 Å². The van der Waals surface area contributed by atoms with Crippen molar-refractivity contribution < 1.29 is 9.84 Å². The van der Waals surface area contributed by atoms with E-state index in [4.69, 9.17) is 4.74 Å². The average Bonchev–Trinajstić information content (AvgIpc) is 2.89. The van der Waals surface area contributed by atoms with Crippen LogP contribution in [0.5, 0.6) is 0 Å². The summed E-state index contributed by atoms with van der Waals surface area (Å²) in [5.74, 6) is 0. The van der Waals surface area contributed by atoms with Crippen LogP contribution < -0.4 is 5.32 Å². The molecular formula is C13H17NO2. The van der Waals surface area contributed by atoms with Gasteiger partial charge in [-0.25, -0.2) is 0 Å². The zero-order valence-corrected chi connectivity index (χ0v) is 9.23. The molecule has 1 aromatic carbocycles. The number of fused-ring (bicyclic) bond motifs is 1. The van der Waals surface area contributed by atoms with Crippen molar-refractivity contribution in [2.24, 2.45) is 0 Å². The van der Waals surface area contributed by atoms with Crippen molar-refractivity contribution in [2.45, 2.75) is 31.0 Å². The van der Waals surface area contributed by atoms with Gasteiger partial charge in [0.25, 0.3) is 0 Å². The highest BCUT2D eigenvalue weighted by molar-refractivity contribution is 5.36. The number of aliphatic hydroxyl groups excluding tert-OH is 1. The van der Waals surface area contributed by atoms with E-state index in [-0.39, 0.29) is 12.1 Å². The highest BCUT2D eigenvalue weighted by Crippen LogP contribution is 2.32. The van der Waals surface area contributed by atoms with Gasteiger partial charge in [0.15, 0.2) is 0 Å². The van der Waals surface area contributed by atoms with Crippen molar-refractivity contribution in [2.75, 3.05) is 13.2 Å². The lowest BCUT2D eigenvalue weighted by molar-refractivity contribution is 0.129. The number of nitrogens with one attached hydrogen (secondary N) is 1. The first-order valence-corrected chi connectivity index (χ1v) is 5.94. The van der Waals surface area contributed by atoms with Crippen LogP contribution >= 0.6 is 0 Å². The van der Waals surface area contributed by atoms with Gasteiger partial charge >= 0.3 is 0 Å². The van der Waals surface area contributed by atoms with Crippen LogP contribution in [0.25, 0.3) is 0 Å². The molecule has 1 aromatic rings. The van der Waals surface area contributed by atoms with Crippen LogP contribution in [0, 0.1) is 0 Å². The van der Waals surface area contributed by atoms with Gasteiger partial charge in [-0.2, -0.15) is 0 Å². The third kappa shape index (κ3) is 1.75. The number of hydrogen-bond donors (Lipinski definition) is 2. The van der Waals surface area contributed by atoms with Crippen molar-refractivity contribution in [1.82, 2.24) is 5.32 Å².